The van der Waals surface area contributed by atoms with Crippen LogP contribution in [0.2, 0.25) is 5.02 Å². The Bertz CT molecular complexity index is 739. The summed E-state index contributed by atoms with van der Waals surface area (Å²) in [6.45, 7) is 1.60. The fourth-order valence-corrected chi connectivity index (χ4v) is 2.63. The van der Waals surface area contributed by atoms with Crippen molar-refractivity contribution in [2.24, 2.45) is 0 Å². The van der Waals surface area contributed by atoms with E-state index in [9.17, 15) is 13.2 Å². The quantitative estimate of drug-likeness (QED) is 0.843. The number of furan rings is 1. The summed E-state index contributed by atoms with van der Waals surface area (Å²) in [5.74, 6) is -0.216. The SMILES string of the molecule is Cc1occc1C(=O)NNS(=O)(=O)c1cccc(Cl)c1. The van der Waals surface area contributed by atoms with Crippen LogP contribution < -0.4 is 10.3 Å². The zero-order valence-corrected chi connectivity index (χ0v) is 12.0. The molecule has 1 aromatic carbocycles. The highest BCUT2D eigenvalue weighted by atomic mass is 35.5. The topological polar surface area (TPSA) is 88.4 Å². The van der Waals surface area contributed by atoms with E-state index in [1.165, 1.54) is 30.5 Å². The van der Waals surface area contributed by atoms with Gasteiger partial charge in [-0.1, -0.05) is 17.7 Å². The number of amides is 1. The average Bonchev–Trinajstić information content (AvgIpc) is 2.82. The molecule has 0 saturated heterocycles. The van der Waals surface area contributed by atoms with Crippen molar-refractivity contribution in [3.8, 4) is 0 Å². The van der Waals surface area contributed by atoms with Gasteiger partial charge in [0.15, 0.2) is 0 Å². The zero-order valence-electron chi connectivity index (χ0n) is 10.4. The van der Waals surface area contributed by atoms with E-state index < -0.39 is 15.9 Å². The maximum absolute atomic E-state index is 11.9. The molecule has 1 heterocycles. The predicted molar refractivity (Wildman–Crippen MR) is 72.7 cm³/mol. The number of carbonyl (C=O) groups is 1. The number of sulfonamides is 1. The monoisotopic (exact) mass is 314 g/mol. The van der Waals surface area contributed by atoms with Crippen molar-refractivity contribution in [1.29, 1.82) is 0 Å². The number of benzene rings is 1. The Morgan fingerprint density at radius 1 is 1.30 bits per heavy atom. The third kappa shape index (κ3) is 3.19. The van der Waals surface area contributed by atoms with Gasteiger partial charge >= 0.3 is 0 Å². The molecular weight excluding hydrogens is 304 g/mol. The molecule has 0 fully saturated rings. The predicted octanol–water partition coefficient (Wildman–Crippen LogP) is 1.86. The maximum atomic E-state index is 11.9. The number of hydrazine groups is 1. The molecule has 106 valence electrons. The van der Waals surface area contributed by atoms with Crippen LogP contribution in [0.5, 0.6) is 0 Å². The minimum absolute atomic E-state index is 0.0470. The largest absolute Gasteiger partial charge is 0.469 e. The Morgan fingerprint density at radius 2 is 2.05 bits per heavy atom. The maximum Gasteiger partial charge on any atom is 0.269 e. The summed E-state index contributed by atoms with van der Waals surface area (Å²) in [5.41, 5.74) is 2.35. The lowest BCUT2D eigenvalue weighted by Crippen LogP contribution is -2.41. The molecule has 1 aromatic heterocycles. The van der Waals surface area contributed by atoms with Gasteiger partial charge in [-0.2, -0.15) is 0 Å². The van der Waals surface area contributed by atoms with E-state index in [4.69, 9.17) is 16.0 Å². The fourth-order valence-electron chi connectivity index (χ4n) is 1.49. The van der Waals surface area contributed by atoms with Crippen LogP contribution in [-0.4, -0.2) is 14.3 Å². The van der Waals surface area contributed by atoms with E-state index in [0.717, 1.165) is 0 Å². The third-order valence-electron chi connectivity index (χ3n) is 2.51. The van der Waals surface area contributed by atoms with Gasteiger partial charge in [0.05, 0.1) is 16.7 Å². The van der Waals surface area contributed by atoms with E-state index in [1.807, 2.05) is 4.83 Å². The Balaban J connectivity index is 2.11. The highest BCUT2D eigenvalue weighted by Gasteiger charge is 2.17. The molecule has 0 spiro atoms. The molecule has 0 aliphatic heterocycles. The first-order valence-corrected chi connectivity index (χ1v) is 7.38. The van der Waals surface area contributed by atoms with Crippen molar-refractivity contribution >= 4 is 27.5 Å². The van der Waals surface area contributed by atoms with Gasteiger partial charge in [-0.25, -0.2) is 8.42 Å². The summed E-state index contributed by atoms with van der Waals surface area (Å²) in [5, 5.41) is 0.282. The summed E-state index contributed by atoms with van der Waals surface area (Å²) in [4.78, 5) is 13.7. The number of hydrogen-bond donors (Lipinski definition) is 2. The van der Waals surface area contributed by atoms with E-state index >= 15 is 0 Å². The molecule has 0 bridgehead atoms. The minimum atomic E-state index is -3.88. The zero-order chi connectivity index (χ0) is 14.8. The van der Waals surface area contributed by atoms with Gasteiger partial charge in [0, 0.05) is 5.02 Å². The molecule has 0 aliphatic rings. The van der Waals surface area contributed by atoms with E-state index in [-0.39, 0.29) is 15.5 Å². The average molecular weight is 315 g/mol. The normalized spacial score (nSPS) is 11.3. The molecule has 20 heavy (non-hydrogen) atoms. The van der Waals surface area contributed by atoms with Crippen LogP contribution in [0.4, 0.5) is 0 Å². The summed E-state index contributed by atoms with van der Waals surface area (Å²) < 4.78 is 28.8. The van der Waals surface area contributed by atoms with Crippen LogP contribution in [0, 0.1) is 6.92 Å². The van der Waals surface area contributed by atoms with Crippen LogP contribution in [0.3, 0.4) is 0 Å². The smallest absolute Gasteiger partial charge is 0.269 e. The summed E-state index contributed by atoms with van der Waals surface area (Å²) >= 11 is 5.72. The first kappa shape index (κ1) is 14.6. The number of halogens is 1. The Labute approximate surface area is 120 Å². The van der Waals surface area contributed by atoms with Crippen LogP contribution in [0.15, 0.2) is 45.9 Å². The fraction of sp³-hybridized carbons (Fsp3) is 0.0833. The molecule has 1 amide bonds. The molecule has 2 N–H and O–H groups in total. The van der Waals surface area contributed by atoms with E-state index in [1.54, 1.807) is 13.0 Å². The highest BCUT2D eigenvalue weighted by molar-refractivity contribution is 7.89. The van der Waals surface area contributed by atoms with Gasteiger partial charge in [0.2, 0.25) is 0 Å². The standard InChI is InChI=1S/C12H11ClN2O4S/c1-8-11(5-6-19-8)12(16)14-15-20(17,18)10-4-2-3-9(13)7-10/h2-7,15H,1H3,(H,14,16). The molecule has 0 atom stereocenters. The van der Waals surface area contributed by atoms with E-state index in [0.29, 0.717) is 5.76 Å². The lowest BCUT2D eigenvalue weighted by Gasteiger charge is -2.08. The molecule has 6 nitrogen and oxygen atoms in total. The van der Waals surface area contributed by atoms with Crippen molar-refractivity contribution in [2.75, 3.05) is 0 Å². The minimum Gasteiger partial charge on any atom is -0.469 e. The van der Waals surface area contributed by atoms with Crippen molar-refractivity contribution < 1.29 is 17.6 Å². The number of rotatable bonds is 4. The van der Waals surface area contributed by atoms with Crippen LogP contribution in [0.1, 0.15) is 16.1 Å². The van der Waals surface area contributed by atoms with Gasteiger partial charge in [-0.3, -0.25) is 10.2 Å². The highest BCUT2D eigenvalue weighted by Crippen LogP contribution is 2.15. The van der Waals surface area contributed by atoms with Gasteiger partial charge in [0.25, 0.3) is 15.9 Å². The lowest BCUT2D eigenvalue weighted by molar-refractivity contribution is 0.0943. The van der Waals surface area contributed by atoms with Crippen molar-refractivity contribution in [1.82, 2.24) is 10.3 Å². The second kappa shape index (κ2) is 5.66. The molecular formula is C12H11ClN2O4S. The van der Waals surface area contributed by atoms with Crippen molar-refractivity contribution in [3.05, 3.63) is 52.9 Å². The molecule has 2 aromatic rings. The molecule has 8 heteroatoms. The second-order valence-electron chi connectivity index (χ2n) is 3.91. The number of carbonyl (C=O) groups excluding carboxylic acids is 1. The Morgan fingerprint density at radius 3 is 2.65 bits per heavy atom. The second-order valence-corrected chi connectivity index (χ2v) is 6.03. The molecule has 0 aliphatic carbocycles. The summed E-state index contributed by atoms with van der Waals surface area (Å²) in [6.07, 6.45) is 1.34. The van der Waals surface area contributed by atoms with Crippen LogP contribution >= 0.6 is 11.6 Å². The lowest BCUT2D eigenvalue weighted by atomic mass is 10.2. The molecule has 0 saturated carbocycles. The van der Waals surface area contributed by atoms with E-state index in [2.05, 4.69) is 5.43 Å². The number of nitrogens with one attached hydrogen (secondary N) is 2. The molecule has 0 radical (unpaired) electrons. The Kier molecular flexibility index (Phi) is 4.12. The first-order valence-electron chi connectivity index (χ1n) is 5.52. The summed E-state index contributed by atoms with van der Waals surface area (Å²) in [7, 11) is -3.88. The number of hydrogen-bond acceptors (Lipinski definition) is 4. The van der Waals surface area contributed by atoms with Gasteiger partial charge in [-0.05, 0) is 31.2 Å². The van der Waals surface area contributed by atoms with Crippen molar-refractivity contribution in [3.63, 3.8) is 0 Å². The third-order valence-corrected chi connectivity index (χ3v) is 3.99. The first-order chi connectivity index (χ1) is 9.40. The summed E-state index contributed by atoms with van der Waals surface area (Å²) in [6, 6.07) is 7.13. The van der Waals surface area contributed by atoms with Gasteiger partial charge < -0.3 is 4.42 Å². The van der Waals surface area contributed by atoms with Crippen LogP contribution in [0.25, 0.3) is 0 Å². The van der Waals surface area contributed by atoms with Crippen LogP contribution in [-0.2, 0) is 10.0 Å². The number of aryl methyl sites for hydroxylation is 1. The molecule has 0 unspecified atom stereocenters. The molecule has 2 rings (SSSR count). The van der Waals surface area contributed by atoms with Gasteiger partial charge in [0.1, 0.15) is 5.76 Å². The van der Waals surface area contributed by atoms with Gasteiger partial charge in [-0.15, -0.1) is 4.83 Å². The van der Waals surface area contributed by atoms with Crippen molar-refractivity contribution in [2.45, 2.75) is 11.8 Å². The Hall–Kier alpha value is -1.83.